The van der Waals surface area contributed by atoms with Crippen molar-refractivity contribution < 1.29 is 43.5 Å². The molecule has 2 aliphatic heterocycles. The van der Waals surface area contributed by atoms with Gasteiger partial charge in [0.2, 0.25) is 29.5 Å². The summed E-state index contributed by atoms with van der Waals surface area (Å²) in [7, 11) is 2.15. The standard InChI is InChI=1S/C35H45N11O9S2/c36-30(51)25-18-57-56-13-10-27(47)42-22(8-3-4-11-39-35(37)38)31(52)41-17-28(48)43-23(15-29(49)50)32(53)44-24(14-19-16-40-21-7-2-1-6-20(19)21)34(55)46-12-5-9-26(46)33(54)45-25/h1-2,6-7,10,13,16-17,22-26,40H,3-5,8-9,11-12,14-15,18H2,(H2,36,51)(H,42,47)(H,43,48)(H,44,53)(H,45,54)(H,49,50)(H4,37,38,39)/b13-10+,41-17?/t22-,23-,24-,25-,26-/m0/s1. The second-order valence-electron chi connectivity index (χ2n) is 13.1. The first-order valence-corrected chi connectivity index (χ1v) is 20.3. The van der Waals surface area contributed by atoms with Crippen molar-refractivity contribution in [3.8, 4) is 0 Å². The normalized spacial score (nSPS) is 23.8. The van der Waals surface area contributed by atoms with Crippen LogP contribution >= 0.6 is 21.6 Å². The number of unbranched alkanes of at least 4 members (excludes halogenated alkanes) is 1. The summed E-state index contributed by atoms with van der Waals surface area (Å²) in [5, 5.41) is 21.7. The Morgan fingerprint density at radius 1 is 0.930 bits per heavy atom. The lowest BCUT2D eigenvalue weighted by Gasteiger charge is -2.30. The fraction of sp³-hybridized carbons (Fsp3) is 0.429. The van der Waals surface area contributed by atoms with E-state index in [0.29, 0.717) is 31.0 Å². The average molecular weight is 828 g/mol. The Morgan fingerprint density at radius 2 is 1.68 bits per heavy atom. The number of carbonyl (C=O) groups is 8. The van der Waals surface area contributed by atoms with Crippen LogP contribution in [0.4, 0.5) is 0 Å². The maximum Gasteiger partial charge on any atom is 0.305 e. The number of aliphatic carboxylic acids is 1. The molecule has 2 aromatic rings. The van der Waals surface area contributed by atoms with E-state index >= 15 is 0 Å². The smallest absolute Gasteiger partial charge is 0.305 e. The third-order valence-electron chi connectivity index (χ3n) is 8.92. The Hall–Kier alpha value is -5.90. The lowest BCUT2D eigenvalue weighted by molar-refractivity contribution is -0.143. The number of nitrogens with zero attached hydrogens (tertiary/aromatic N) is 3. The molecular weight excluding hydrogens is 783 g/mol. The second kappa shape index (κ2) is 21.4. The van der Waals surface area contributed by atoms with Crippen molar-refractivity contribution in [3.63, 3.8) is 0 Å². The number of benzene rings is 1. The number of carbonyl (C=O) groups excluding carboxylic acids is 7. The van der Waals surface area contributed by atoms with Crippen molar-refractivity contribution in [2.24, 2.45) is 27.2 Å². The molecule has 1 saturated heterocycles. The van der Waals surface area contributed by atoms with Gasteiger partial charge in [0.25, 0.3) is 11.8 Å². The van der Waals surface area contributed by atoms with Crippen LogP contribution in [0.5, 0.6) is 0 Å². The topological polar surface area (TPSA) is 327 Å². The van der Waals surface area contributed by atoms with Crippen LogP contribution in [0.25, 0.3) is 10.9 Å². The number of guanidine groups is 1. The molecule has 1 aromatic carbocycles. The molecule has 1 fully saturated rings. The summed E-state index contributed by atoms with van der Waals surface area (Å²) >= 11 is 0. The molecule has 0 spiro atoms. The molecule has 20 nitrogen and oxygen atoms in total. The molecule has 22 heteroatoms. The number of nitrogens with one attached hydrogen (secondary N) is 5. The molecule has 57 heavy (non-hydrogen) atoms. The molecular formula is C35H45N11O9S2. The maximum absolute atomic E-state index is 14.3. The molecule has 0 unspecified atom stereocenters. The molecule has 4 rings (SSSR count). The minimum absolute atomic E-state index is 0.00473. The van der Waals surface area contributed by atoms with E-state index in [2.05, 4.69) is 36.2 Å². The fourth-order valence-electron chi connectivity index (χ4n) is 6.15. The molecule has 0 bridgehead atoms. The van der Waals surface area contributed by atoms with Crippen molar-refractivity contribution in [2.75, 3.05) is 18.8 Å². The van der Waals surface area contributed by atoms with E-state index in [1.807, 2.05) is 18.2 Å². The number of amides is 7. The predicted molar refractivity (Wildman–Crippen MR) is 213 cm³/mol. The number of hydrogen-bond acceptors (Lipinski definition) is 11. The van der Waals surface area contributed by atoms with E-state index in [0.717, 1.165) is 38.6 Å². The number of rotatable bonds is 10. The zero-order valence-electron chi connectivity index (χ0n) is 30.7. The molecule has 306 valence electrons. The van der Waals surface area contributed by atoms with Gasteiger partial charge in [0.15, 0.2) is 5.96 Å². The summed E-state index contributed by atoms with van der Waals surface area (Å²) < 4.78 is 0. The SMILES string of the molecule is NC(=O)[C@@H]1CSS/C=C/C(=O)N[C@@H](CCCCN=C(N)N)C(=O)N=CC(=O)N[C@@H](CC(=O)O)C(=O)N[C@@H](Cc2c[nH]c3ccccc23)C(=O)N2CCC[C@H]2C(=O)N1. The number of aliphatic imine (C=N–C) groups is 2. The minimum Gasteiger partial charge on any atom is -0.481 e. The molecule has 5 atom stereocenters. The van der Waals surface area contributed by atoms with E-state index in [1.54, 1.807) is 12.3 Å². The highest BCUT2D eigenvalue weighted by molar-refractivity contribution is 8.77. The zero-order valence-corrected chi connectivity index (χ0v) is 32.3. The van der Waals surface area contributed by atoms with E-state index < -0.39 is 83.9 Å². The first-order valence-electron chi connectivity index (χ1n) is 17.9. The number of nitrogens with two attached hydrogens (primary N) is 3. The van der Waals surface area contributed by atoms with Crippen molar-refractivity contribution in [2.45, 2.75) is 75.2 Å². The quantitative estimate of drug-likeness (QED) is 0.0574. The van der Waals surface area contributed by atoms with Gasteiger partial charge in [0.1, 0.15) is 30.2 Å². The summed E-state index contributed by atoms with van der Waals surface area (Å²) in [4.78, 5) is 117. The van der Waals surface area contributed by atoms with Gasteiger partial charge in [0, 0.05) is 48.4 Å². The highest BCUT2D eigenvalue weighted by Crippen LogP contribution is 2.25. The lowest BCUT2D eigenvalue weighted by atomic mass is 10.0. The summed E-state index contributed by atoms with van der Waals surface area (Å²) in [6.45, 7) is 0.385. The Labute approximate surface area is 334 Å². The van der Waals surface area contributed by atoms with E-state index in [1.165, 1.54) is 10.3 Å². The van der Waals surface area contributed by atoms with Gasteiger partial charge in [-0.25, -0.2) is 4.99 Å². The molecule has 2 aliphatic rings. The highest BCUT2D eigenvalue weighted by Gasteiger charge is 2.40. The third kappa shape index (κ3) is 13.4. The number of H-pyrrole nitrogens is 1. The molecule has 0 saturated carbocycles. The molecule has 0 radical (unpaired) electrons. The number of aromatic nitrogens is 1. The second-order valence-corrected chi connectivity index (χ2v) is 15.4. The summed E-state index contributed by atoms with van der Waals surface area (Å²) in [6, 6.07) is 0.743. The van der Waals surface area contributed by atoms with Gasteiger partial charge in [-0.1, -0.05) is 39.8 Å². The van der Waals surface area contributed by atoms with E-state index in [-0.39, 0.29) is 44.1 Å². The van der Waals surface area contributed by atoms with Gasteiger partial charge < -0.3 is 53.5 Å². The van der Waals surface area contributed by atoms with Crippen LogP contribution in [0.1, 0.15) is 44.1 Å². The number of fused-ring (bicyclic) bond motifs is 2. The summed E-state index contributed by atoms with van der Waals surface area (Å²) in [5.41, 5.74) is 17.7. The van der Waals surface area contributed by atoms with Gasteiger partial charge >= 0.3 is 5.97 Å². The van der Waals surface area contributed by atoms with Gasteiger partial charge in [-0.3, -0.25) is 43.3 Å². The number of para-hydroxylation sites is 1. The first-order chi connectivity index (χ1) is 27.2. The average Bonchev–Trinajstić information content (AvgIpc) is 3.82. The zero-order chi connectivity index (χ0) is 41.5. The summed E-state index contributed by atoms with van der Waals surface area (Å²) in [6.07, 6.45) is 3.90. The summed E-state index contributed by atoms with van der Waals surface area (Å²) in [5.74, 6) is -7.48. The Balaban J connectivity index is 1.66. The number of primary amides is 1. The van der Waals surface area contributed by atoms with Crippen LogP contribution in [0.3, 0.4) is 0 Å². The molecule has 12 N–H and O–H groups in total. The molecule has 7 amide bonds. The van der Waals surface area contributed by atoms with Crippen molar-refractivity contribution in [3.05, 3.63) is 47.5 Å². The van der Waals surface area contributed by atoms with Crippen LogP contribution in [0.15, 0.2) is 51.9 Å². The maximum atomic E-state index is 14.3. The van der Waals surface area contributed by atoms with Crippen LogP contribution in [-0.4, -0.2) is 124 Å². The number of aromatic amines is 1. The van der Waals surface area contributed by atoms with E-state index in [4.69, 9.17) is 17.2 Å². The largest absolute Gasteiger partial charge is 0.481 e. The van der Waals surface area contributed by atoms with Crippen LogP contribution in [0, 0.1) is 0 Å². The number of hydrogen-bond donors (Lipinski definition) is 9. The van der Waals surface area contributed by atoms with Gasteiger partial charge in [-0.15, -0.1) is 0 Å². The first kappa shape index (κ1) is 43.8. The molecule has 1 aromatic heterocycles. The van der Waals surface area contributed by atoms with Gasteiger partial charge in [-0.05, 0) is 49.1 Å². The molecule has 3 heterocycles. The number of carboxylic acid groups (broad SMARTS) is 1. The van der Waals surface area contributed by atoms with Crippen molar-refractivity contribution >= 4 is 92.0 Å². The van der Waals surface area contributed by atoms with Crippen molar-refractivity contribution in [1.82, 2.24) is 31.2 Å². The van der Waals surface area contributed by atoms with Gasteiger partial charge in [-0.2, -0.15) is 0 Å². The van der Waals surface area contributed by atoms with Crippen LogP contribution in [0.2, 0.25) is 0 Å². The highest BCUT2D eigenvalue weighted by atomic mass is 33.1. The Bertz CT molecular complexity index is 1930. The van der Waals surface area contributed by atoms with Crippen molar-refractivity contribution in [1.29, 1.82) is 0 Å². The predicted octanol–water partition coefficient (Wildman–Crippen LogP) is -1.45. The number of carboxylic acids is 1. The van der Waals surface area contributed by atoms with Gasteiger partial charge in [0.05, 0.1) is 12.6 Å². The van der Waals surface area contributed by atoms with Crippen LogP contribution in [-0.2, 0) is 44.8 Å². The Kier molecular flexibility index (Phi) is 16.5. The van der Waals surface area contributed by atoms with Crippen LogP contribution < -0.4 is 38.5 Å². The molecule has 0 aliphatic carbocycles. The Morgan fingerprint density at radius 3 is 2.42 bits per heavy atom. The van der Waals surface area contributed by atoms with E-state index in [9.17, 15) is 43.5 Å². The third-order valence-corrected chi connectivity index (χ3v) is 10.9. The minimum atomic E-state index is -1.74. The fourth-order valence-corrected chi connectivity index (χ4v) is 7.91. The lowest BCUT2D eigenvalue weighted by Crippen LogP contribution is -2.58. The monoisotopic (exact) mass is 827 g/mol.